The Morgan fingerprint density at radius 2 is 1.83 bits per heavy atom. The van der Waals surface area contributed by atoms with Gasteiger partial charge in [-0.05, 0) is 18.4 Å². The maximum atomic E-state index is 7.98. The fraction of sp³-hybridized carbons (Fsp3) is 0.778. The van der Waals surface area contributed by atoms with Gasteiger partial charge < -0.3 is 0 Å². The summed E-state index contributed by atoms with van der Waals surface area (Å²) in [5.74, 6) is 2.61. The molecule has 0 rings (SSSR count). The van der Waals surface area contributed by atoms with Crippen LogP contribution in [0, 0.1) is 12.3 Å². The quantitative estimate of drug-likeness (QED) is 0.183. The van der Waals surface area contributed by atoms with Crippen molar-refractivity contribution in [2.45, 2.75) is 38.5 Å². The molecule has 0 bridgehead atoms. The summed E-state index contributed by atoms with van der Waals surface area (Å²) in [6.45, 7) is 0.631. The van der Waals surface area contributed by atoms with Crippen LogP contribution in [0.1, 0.15) is 38.5 Å². The average molecular weight is 165 g/mol. The van der Waals surface area contributed by atoms with E-state index in [1.807, 2.05) is 0 Å². The van der Waals surface area contributed by atoms with Crippen LogP contribution >= 0.6 is 0 Å². The summed E-state index contributed by atoms with van der Waals surface area (Å²) in [5, 5.41) is 3.45. The summed E-state index contributed by atoms with van der Waals surface area (Å²) in [4.78, 5) is 2.68. The predicted octanol–water partition coefficient (Wildman–Crippen LogP) is 3.27. The molecule has 66 valence electrons. The van der Waals surface area contributed by atoms with Crippen molar-refractivity contribution in [1.82, 2.24) is 0 Å². The number of rotatable bonds is 7. The zero-order chi connectivity index (χ0) is 9.07. The van der Waals surface area contributed by atoms with Gasteiger partial charge >= 0.3 is 0 Å². The lowest BCUT2D eigenvalue weighted by atomic mass is 10.1. The molecule has 0 aliphatic carbocycles. The summed E-state index contributed by atoms with van der Waals surface area (Å²) in [6, 6.07) is 0. The smallest absolute Gasteiger partial charge is 0.0257 e. The Bertz CT molecular complexity index is 175. The Morgan fingerprint density at radius 3 is 2.50 bits per heavy atom. The molecule has 0 saturated heterocycles. The van der Waals surface area contributed by atoms with Crippen LogP contribution in [0.2, 0.25) is 0 Å². The van der Waals surface area contributed by atoms with Gasteiger partial charge in [-0.3, -0.25) is 0 Å². The molecule has 0 aromatic heterocycles. The normalized spacial score (nSPS) is 8.58. The molecular weight excluding hydrogens is 150 g/mol. The standard InChI is InChI=1S/C9H15N3/c1-2-3-4-5-6-7-8-9-11-12-10/h1H,3-9H2. The number of terminal acetylenes is 1. The van der Waals surface area contributed by atoms with Gasteiger partial charge in [-0.25, -0.2) is 0 Å². The molecule has 0 aliphatic heterocycles. The van der Waals surface area contributed by atoms with E-state index in [-0.39, 0.29) is 0 Å². The number of unbranched alkanes of at least 4 members (excludes halogenated alkanes) is 5. The molecule has 0 saturated carbocycles. The number of hydrogen-bond donors (Lipinski definition) is 0. The van der Waals surface area contributed by atoms with Crippen molar-refractivity contribution in [3.63, 3.8) is 0 Å². The third kappa shape index (κ3) is 8.87. The van der Waals surface area contributed by atoms with E-state index >= 15 is 0 Å². The highest BCUT2D eigenvalue weighted by Gasteiger charge is 1.88. The van der Waals surface area contributed by atoms with Gasteiger partial charge in [-0.15, -0.1) is 12.3 Å². The largest absolute Gasteiger partial charge is 0.120 e. The molecule has 0 aromatic carbocycles. The molecule has 0 radical (unpaired) electrons. The van der Waals surface area contributed by atoms with Crippen molar-refractivity contribution in [2.75, 3.05) is 6.54 Å². The van der Waals surface area contributed by atoms with Crippen LogP contribution in [-0.4, -0.2) is 6.54 Å². The van der Waals surface area contributed by atoms with Gasteiger partial charge in [0.25, 0.3) is 0 Å². The van der Waals surface area contributed by atoms with Gasteiger partial charge in [0.2, 0.25) is 0 Å². The van der Waals surface area contributed by atoms with Crippen molar-refractivity contribution >= 4 is 0 Å². The minimum Gasteiger partial charge on any atom is -0.120 e. The second-order valence-corrected chi connectivity index (χ2v) is 2.68. The van der Waals surface area contributed by atoms with Crippen LogP contribution in [-0.2, 0) is 0 Å². The first-order valence-electron chi connectivity index (χ1n) is 4.36. The number of nitrogens with zero attached hydrogens (tertiary/aromatic N) is 3. The van der Waals surface area contributed by atoms with Crippen molar-refractivity contribution in [1.29, 1.82) is 0 Å². The van der Waals surface area contributed by atoms with Gasteiger partial charge in [0.05, 0.1) is 0 Å². The summed E-state index contributed by atoms with van der Waals surface area (Å²) in [6.07, 6.45) is 11.6. The Morgan fingerprint density at radius 1 is 1.17 bits per heavy atom. The van der Waals surface area contributed by atoms with Gasteiger partial charge in [-0.1, -0.05) is 24.4 Å². The van der Waals surface area contributed by atoms with Gasteiger partial charge in [0, 0.05) is 17.9 Å². The monoisotopic (exact) mass is 165 g/mol. The van der Waals surface area contributed by atoms with E-state index < -0.39 is 0 Å². The summed E-state index contributed by atoms with van der Waals surface area (Å²) in [7, 11) is 0. The van der Waals surface area contributed by atoms with E-state index in [0.717, 1.165) is 25.7 Å². The molecule has 3 nitrogen and oxygen atoms in total. The lowest BCUT2D eigenvalue weighted by Crippen LogP contribution is -1.81. The number of azide groups is 1. The SMILES string of the molecule is C#CCCCCCCCN=[N+]=[N-]. The summed E-state index contributed by atoms with van der Waals surface area (Å²) < 4.78 is 0. The first-order chi connectivity index (χ1) is 5.91. The maximum Gasteiger partial charge on any atom is 0.0257 e. The fourth-order valence-corrected chi connectivity index (χ4v) is 0.985. The van der Waals surface area contributed by atoms with Crippen LogP contribution < -0.4 is 0 Å². The third-order valence-electron chi connectivity index (χ3n) is 1.64. The van der Waals surface area contributed by atoms with Gasteiger partial charge in [0.1, 0.15) is 0 Å². The predicted molar refractivity (Wildman–Crippen MR) is 50.5 cm³/mol. The zero-order valence-corrected chi connectivity index (χ0v) is 7.37. The Hall–Kier alpha value is -1.13. The van der Waals surface area contributed by atoms with Crippen molar-refractivity contribution in [3.8, 4) is 12.3 Å². The molecular formula is C9H15N3. The first kappa shape index (κ1) is 10.9. The van der Waals surface area contributed by atoms with Crippen molar-refractivity contribution in [3.05, 3.63) is 10.4 Å². The lowest BCUT2D eigenvalue weighted by molar-refractivity contribution is 0.625. The topological polar surface area (TPSA) is 48.8 Å². The lowest BCUT2D eigenvalue weighted by Gasteiger charge is -1.96. The number of hydrogen-bond acceptors (Lipinski definition) is 1. The van der Waals surface area contributed by atoms with Crippen molar-refractivity contribution < 1.29 is 0 Å². The van der Waals surface area contributed by atoms with E-state index in [4.69, 9.17) is 12.0 Å². The zero-order valence-electron chi connectivity index (χ0n) is 7.37. The summed E-state index contributed by atoms with van der Waals surface area (Å²) in [5.41, 5.74) is 7.98. The third-order valence-corrected chi connectivity index (χ3v) is 1.64. The highest BCUT2D eigenvalue weighted by atomic mass is 15.1. The minimum atomic E-state index is 0.631. The summed E-state index contributed by atoms with van der Waals surface area (Å²) >= 11 is 0. The minimum absolute atomic E-state index is 0.631. The van der Waals surface area contributed by atoms with E-state index in [2.05, 4.69) is 15.9 Å². The average Bonchev–Trinajstić information content (AvgIpc) is 2.10. The Balaban J connectivity index is 2.91. The van der Waals surface area contributed by atoms with E-state index in [1.54, 1.807) is 0 Å². The molecule has 3 heteroatoms. The highest BCUT2D eigenvalue weighted by Crippen LogP contribution is 2.04. The van der Waals surface area contributed by atoms with Crippen LogP contribution in [0.25, 0.3) is 10.4 Å². The fourth-order valence-electron chi connectivity index (χ4n) is 0.985. The second kappa shape index (κ2) is 9.87. The highest BCUT2D eigenvalue weighted by molar-refractivity contribution is 4.82. The molecule has 0 atom stereocenters. The molecule has 0 aliphatic rings. The van der Waals surface area contributed by atoms with Crippen LogP contribution in [0.15, 0.2) is 5.11 Å². The molecule has 0 amide bonds. The maximum absolute atomic E-state index is 7.98. The molecule has 0 unspecified atom stereocenters. The van der Waals surface area contributed by atoms with Crippen LogP contribution in [0.3, 0.4) is 0 Å². The Kier molecular flexibility index (Phi) is 8.94. The van der Waals surface area contributed by atoms with E-state index in [9.17, 15) is 0 Å². The molecule has 12 heavy (non-hydrogen) atoms. The molecule has 0 fully saturated rings. The van der Waals surface area contributed by atoms with Crippen LogP contribution in [0.4, 0.5) is 0 Å². The van der Waals surface area contributed by atoms with Gasteiger partial charge in [0.15, 0.2) is 0 Å². The second-order valence-electron chi connectivity index (χ2n) is 2.68. The molecule has 0 aromatic rings. The molecule has 0 N–H and O–H groups in total. The van der Waals surface area contributed by atoms with E-state index in [1.165, 1.54) is 12.8 Å². The Labute approximate surface area is 73.8 Å². The first-order valence-corrected chi connectivity index (χ1v) is 4.36. The molecule has 0 spiro atoms. The van der Waals surface area contributed by atoms with Crippen molar-refractivity contribution in [2.24, 2.45) is 5.11 Å². The van der Waals surface area contributed by atoms with Crippen LogP contribution in [0.5, 0.6) is 0 Å². The molecule has 0 heterocycles. The van der Waals surface area contributed by atoms with E-state index in [0.29, 0.717) is 6.54 Å². The van der Waals surface area contributed by atoms with Gasteiger partial charge in [-0.2, -0.15) is 0 Å².